The first-order chi connectivity index (χ1) is 9.25. The van der Waals surface area contributed by atoms with Crippen LogP contribution in [0.25, 0.3) is 0 Å². The molecule has 1 aliphatic carbocycles. The number of ketones is 2. The van der Waals surface area contributed by atoms with Crippen LogP contribution in [-0.2, 0) is 10.3 Å². The van der Waals surface area contributed by atoms with E-state index in [4.69, 9.17) is 4.74 Å². The Labute approximate surface area is 109 Å². The Bertz CT molecular complexity index is 705. The van der Waals surface area contributed by atoms with Gasteiger partial charge < -0.3 is 4.74 Å². The normalized spacial score (nSPS) is 27.7. The van der Waals surface area contributed by atoms with Crippen LogP contribution in [0.1, 0.15) is 26.3 Å². The zero-order chi connectivity index (χ0) is 13.0. The van der Waals surface area contributed by atoms with Gasteiger partial charge in [-0.1, -0.05) is 54.6 Å². The lowest BCUT2D eigenvalue weighted by Gasteiger charge is -2.18. The largest absolute Gasteiger partial charge is 0.343 e. The fourth-order valence-corrected chi connectivity index (χ4v) is 2.84. The highest BCUT2D eigenvalue weighted by Gasteiger charge is 2.69. The number of carbonyl (C=O) groups is 2. The van der Waals surface area contributed by atoms with Crippen LogP contribution in [-0.4, -0.2) is 17.7 Å². The van der Waals surface area contributed by atoms with Gasteiger partial charge >= 0.3 is 0 Å². The summed E-state index contributed by atoms with van der Waals surface area (Å²) in [7, 11) is 0. The summed E-state index contributed by atoms with van der Waals surface area (Å²) < 4.78 is 5.56. The second-order valence-electron chi connectivity index (χ2n) is 4.84. The van der Waals surface area contributed by atoms with Gasteiger partial charge in [0.25, 0.3) is 0 Å². The van der Waals surface area contributed by atoms with E-state index in [1.807, 2.05) is 30.3 Å². The Kier molecular flexibility index (Phi) is 1.90. The number of benzene rings is 2. The SMILES string of the molecule is O=C1c2ccccc2C(=O)C2(c3ccccc3)OC12. The van der Waals surface area contributed by atoms with E-state index in [-0.39, 0.29) is 11.6 Å². The number of Topliss-reactive ketones (excluding diaryl/α,β-unsaturated/α-hetero) is 2. The predicted octanol–water partition coefficient (Wildman–Crippen LogP) is 2.36. The molecule has 0 saturated carbocycles. The Morgan fingerprint density at radius 1 is 0.842 bits per heavy atom. The van der Waals surface area contributed by atoms with E-state index in [1.165, 1.54) is 0 Å². The van der Waals surface area contributed by atoms with Crippen LogP contribution in [0.15, 0.2) is 54.6 Å². The van der Waals surface area contributed by atoms with E-state index in [2.05, 4.69) is 0 Å². The molecule has 2 atom stereocenters. The molecular formula is C16H10O3. The molecule has 2 aliphatic rings. The Hall–Kier alpha value is -2.26. The molecule has 2 unspecified atom stereocenters. The third kappa shape index (κ3) is 1.20. The first-order valence-electron chi connectivity index (χ1n) is 6.16. The summed E-state index contributed by atoms with van der Waals surface area (Å²) in [6.07, 6.45) is -0.655. The molecule has 4 rings (SSSR count). The zero-order valence-electron chi connectivity index (χ0n) is 10.00. The summed E-state index contributed by atoms with van der Waals surface area (Å²) in [5.74, 6) is -0.210. The van der Waals surface area contributed by atoms with Crippen LogP contribution in [0.4, 0.5) is 0 Å². The third-order valence-corrected chi connectivity index (χ3v) is 3.83. The molecule has 2 aromatic carbocycles. The standard InChI is InChI=1S/C16H10O3/c17-13-11-8-4-5-9-12(11)14(18)16(15(13)19-16)10-6-2-1-3-7-10/h1-9,15H. The Morgan fingerprint density at radius 3 is 2.21 bits per heavy atom. The quantitative estimate of drug-likeness (QED) is 0.730. The molecule has 0 radical (unpaired) electrons. The number of carbonyl (C=O) groups excluding carboxylic acids is 2. The van der Waals surface area contributed by atoms with Crippen molar-refractivity contribution in [3.63, 3.8) is 0 Å². The molecule has 0 amide bonds. The van der Waals surface area contributed by atoms with Crippen molar-refractivity contribution in [2.75, 3.05) is 0 Å². The molecule has 0 bridgehead atoms. The van der Waals surface area contributed by atoms with Gasteiger partial charge in [-0.25, -0.2) is 0 Å². The topological polar surface area (TPSA) is 46.7 Å². The molecule has 0 spiro atoms. The molecule has 0 aromatic heterocycles. The summed E-state index contributed by atoms with van der Waals surface area (Å²) in [6, 6.07) is 16.2. The van der Waals surface area contributed by atoms with E-state index in [0.29, 0.717) is 11.1 Å². The fraction of sp³-hybridized carbons (Fsp3) is 0.125. The second kappa shape index (κ2) is 3.39. The van der Waals surface area contributed by atoms with Crippen molar-refractivity contribution in [1.82, 2.24) is 0 Å². The van der Waals surface area contributed by atoms with E-state index >= 15 is 0 Å². The van der Waals surface area contributed by atoms with Crippen LogP contribution in [0.3, 0.4) is 0 Å². The van der Waals surface area contributed by atoms with Crippen LogP contribution in [0.2, 0.25) is 0 Å². The Morgan fingerprint density at radius 2 is 1.47 bits per heavy atom. The van der Waals surface area contributed by atoms with Crippen molar-refractivity contribution < 1.29 is 14.3 Å². The van der Waals surface area contributed by atoms with E-state index < -0.39 is 11.7 Å². The molecular weight excluding hydrogens is 240 g/mol. The highest BCUT2D eigenvalue weighted by Crippen LogP contribution is 2.53. The average Bonchev–Trinajstić information content (AvgIpc) is 3.23. The summed E-state index contributed by atoms with van der Waals surface area (Å²) in [6.45, 7) is 0. The van der Waals surface area contributed by atoms with Crippen molar-refractivity contribution in [3.05, 3.63) is 71.3 Å². The van der Waals surface area contributed by atoms with Crippen LogP contribution >= 0.6 is 0 Å². The number of epoxide rings is 1. The Balaban J connectivity index is 1.93. The average molecular weight is 250 g/mol. The van der Waals surface area contributed by atoms with Gasteiger partial charge in [0.15, 0.2) is 17.5 Å². The second-order valence-corrected chi connectivity index (χ2v) is 4.84. The van der Waals surface area contributed by atoms with Crippen molar-refractivity contribution in [2.24, 2.45) is 0 Å². The molecule has 92 valence electrons. The number of fused-ring (bicyclic) bond motifs is 2. The van der Waals surface area contributed by atoms with Crippen LogP contribution < -0.4 is 0 Å². The number of ether oxygens (including phenoxy) is 1. The molecule has 1 fully saturated rings. The van der Waals surface area contributed by atoms with Crippen molar-refractivity contribution in [3.8, 4) is 0 Å². The smallest absolute Gasteiger partial charge is 0.203 e. The molecule has 19 heavy (non-hydrogen) atoms. The summed E-state index contributed by atoms with van der Waals surface area (Å²) in [4.78, 5) is 25.0. The fourth-order valence-electron chi connectivity index (χ4n) is 2.84. The summed E-state index contributed by atoms with van der Waals surface area (Å²) in [5, 5.41) is 0. The van der Waals surface area contributed by atoms with E-state index in [9.17, 15) is 9.59 Å². The van der Waals surface area contributed by atoms with Crippen LogP contribution in [0, 0.1) is 0 Å². The first kappa shape index (κ1) is 10.6. The van der Waals surface area contributed by atoms with Gasteiger partial charge in [0.05, 0.1) is 0 Å². The van der Waals surface area contributed by atoms with Gasteiger partial charge in [-0.15, -0.1) is 0 Å². The minimum absolute atomic E-state index is 0.0981. The monoisotopic (exact) mass is 250 g/mol. The highest BCUT2D eigenvalue weighted by atomic mass is 16.6. The van der Waals surface area contributed by atoms with Crippen LogP contribution in [0.5, 0.6) is 0 Å². The van der Waals surface area contributed by atoms with Gasteiger partial charge in [-0.3, -0.25) is 9.59 Å². The van der Waals surface area contributed by atoms with E-state index in [1.54, 1.807) is 24.3 Å². The maximum atomic E-state index is 12.6. The molecule has 2 aromatic rings. The van der Waals surface area contributed by atoms with Gasteiger partial charge in [0, 0.05) is 11.1 Å². The molecule has 1 aliphatic heterocycles. The number of hydrogen-bond donors (Lipinski definition) is 0. The van der Waals surface area contributed by atoms with Gasteiger partial charge in [-0.05, 0) is 5.56 Å². The number of rotatable bonds is 1. The molecule has 1 heterocycles. The van der Waals surface area contributed by atoms with Crippen molar-refractivity contribution in [1.29, 1.82) is 0 Å². The molecule has 3 nitrogen and oxygen atoms in total. The maximum absolute atomic E-state index is 12.6. The minimum atomic E-state index is -1.08. The van der Waals surface area contributed by atoms with Gasteiger partial charge in [0.1, 0.15) is 0 Å². The predicted molar refractivity (Wildman–Crippen MR) is 68.1 cm³/mol. The van der Waals surface area contributed by atoms with Crippen molar-refractivity contribution >= 4 is 11.6 Å². The summed E-state index contributed by atoms with van der Waals surface area (Å²) >= 11 is 0. The van der Waals surface area contributed by atoms with Gasteiger partial charge in [-0.2, -0.15) is 0 Å². The molecule has 0 N–H and O–H groups in total. The van der Waals surface area contributed by atoms with Crippen molar-refractivity contribution in [2.45, 2.75) is 11.7 Å². The zero-order valence-corrected chi connectivity index (χ0v) is 10.00. The van der Waals surface area contributed by atoms with Gasteiger partial charge in [0.2, 0.25) is 5.78 Å². The summed E-state index contributed by atoms with van der Waals surface area (Å²) in [5.41, 5.74) is 0.617. The molecule has 3 heteroatoms. The lowest BCUT2D eigenvalue weighted by molar-refractivity contribution is 0.0859. The third-order valence-electron chi connectivity index (χ3n) is 3.83. The van der Waals surface area contributed by atoms with E-state index in [0.717, 1.165) is 5.56 Å². The number of hydrogen-bond acceptors (Lipinski definition) is 3. The lowest BCUT2D eigenvalue weighted by atomic mass is 9.78. The lowest BCUT2D eigenvalue weighted by Crippen LogP contribution is -2.34. The maximum Gasteiger partial charge on any atom is 0.203 e. The first-order valence-corrected chi connectivity index (χ1v) is 6.16. The highest BCUT2D eigenvalue weighted by molar-refractivity contribution is 6.22. The molecule has 1 saturated heterocycles. The minimum Gasteiger partial charge on any atom is -0.343 e.